The highest BCUT2D eigenvalue weighted by molar-refractivity contribution is 6.13. The molecule has 254 valence electrons. The van der Waals surface area contributed by atoms with Crippen LogP contribution < -0.4 is 10.2 Å². The summed E-state index contributed by atoms with van der Waals surface area (Å²) >= 11 is 0. The third-order valence-corrected chi connectivity index (χ3v) is 11.0. The molecule has 0 aliphatic carbocycles. The Hall–Kier alpha value is -7.17. The third kappa shape index (κ3) is 4.67. The summed E-state index contributed by atoms with van der Waals surface area (Å²) in [5.41, 5.74) is 17.7. The van der Waals surface area contributed by atoms with E-state index in [0.717, 1.165) is 45.8 Å². The number of hydrogen-bond donors (Lipinski definition) is 1. The Morgan fingerprint density at radius 2 is 1.17 bits per heavy atom. The first-order valence-electron chi connectivity index (χ1n) is 18.5. The number of nitrogens with zero attached hydrogens (tertiary/aromatic N) is 3. The van der Waals surface area contributed by atoms with Crippen LogP contribution in [0.25, 0.3) is 66.4 Å². The molecule has 4 nitrogen and oxygen atoms in total. The zero-order chi connectivity index (χ0) is 35.6. The van der Waals surface area contributed by atoms with Gasteiger partial charge in [-0.2, -0.15) is 0 Å². The zero-order valence-electron chi connectivity index (χ0n) is 29.4. The van der Waals surface area contributed by atoms with Gasteiger partial charge in [0.05, 0.1) is 22.6 Å². The average molecular weight is 691 g/mol. The number of aromatic nitrogens is 2. The lowest BCUT2D eigenvalue weighted by Crippen LogP contribution is -2.14. The largest absolute Gasteiger partial charge is 0.386 e. The molecule has 2 aromatic heterocycles. The van der Waals surface area contributed by atoms with E-state index in [1.165, 1.54) is 60.9 Å². The van der Waals surface area contributed by atoms with Gasteiger partial charge in [-0.1, -0.05) is 127 Å². The highest BCUT2D eigenvalue weighted by Gasteiger charge is 2.31. The van der Waals surface area contributed by atoms with Crippen LogP contribution in [0.15, 0.2) is 188 Å². The van der Waals surface area contributed by atoms with E-state index in [9.17, 15) is 0 Å². The van der Waals surface area contributed by atoms with E-state index in [-0.39, 0.29) is 0 Å². The summed E-state index contributed by atoms with van der Waals surface area (Å²) in [6.07, 6.45) is 6.10. The van der Waals surface area contributed by atoms with Gasteiger partial charge in [0.15, 0.2) is 0 Å². The summed E-state index contributed by atoms with van der Waals surface area (Å²) in [7, 11) is 0. The number of pyridine rings is 1. The fourth-order valence-corrected chi connectivity index (χ4v) is 8.68. The predicted molar refractivity (Wildman–Crippen MR) is 223 cm³/mol. The van der Waals surface area contributed by atoms with Gasteiger partial charge in [-0.25, -0.2) is 0 Å². The lowest BCUT2D eigenvalue weighted by Gasteiger charge is -2.28. The molecular formula is C50H34N4. The second kappa shape index (κ2) is 12.2. The van der Waals surface area contributed by atoms with Crippen LogP contribution in [0.2, 0.25) is 0 Å². The molecule has 0 bridgehead atoms. The van der Waals surface area contributed by atoms with Crippen molar-refractivity contribution >= 4 is 44.3 Å². The molecule has 0 saturated heterocycles. The molecule has 0 radical (unpaired) electrons. The number of para-hydroxylation sites is 3. The first-order valence-corrected chi connectivity index (χ1v) is 18.5. The number of nitrogens with one attached hydrogen (secondary N) is 1. The molecule has 2 aliphatic rings. The maximum atomic E-state index is 4.63. The molecule has 1 N–H and O–H groups in total. The molecule has 0 saturated carbocycles. The Bertz CT molecular complexity index is 2960. The molecule has 4 heterocycles. The van der Waals surface area contributed by atoms with Crippen LogP contribution in [0.1, 0.15) is 16.7 Å². The topological polar surface area (TPSA) is 33.1 Å². The molecule has 0 amide bonds. The van der Waals surface area contributed by atoms with Crippen molar-refractivity contribution in [3.8, 4) is 39.2 Å². The molecule has 0 fully saturated rings. The average Bonchev–Trinajstić information content (AvgIpc) is 3.52. The van der Waals surface area contributed by atoms with Gasteiger partial charge in [-0.15, -0.1) is 0 Å². The number of rotatable bonds is 4. The predicted octanol–water partition coefficient (Wildman–Crippen LogP) is 12.5. The fourth-order valence-electron chi connectivity index (χ4n) is 8.68. The molecule has 2 aliphatic heterocycles. The third-order valence-electron chi connectivity index (χ3n) is 11.0. The van der Waals surface area contributed by atoms with Crippen molar-refractivity contribution in [2.45, 2.75) is 6.54 Å². The molecule has 0 unspecified atom stereocenters. The second-order valence-corrected chi connectivity index (χ2v) is 14.1. The van der Waals surface area contributed by atoms with Crippen LogP contribution in [-0.2, 0) is 6.54 Å². The number of anilines is 3. The normalized spacial score (nSPS) is 13.0. The smallest absolute Gasteiger partial charge is 0.0641 e. The summed E-state index contributed by atoms with van der Waals surface area (Å²) in [4.78, 5) is 7.09. The minimum absolute atomic E-state index is 0.836. The van der Waals surface area contributed by atoms with E-state index < -0.39 is 0 Å². The summed E-state index contributed by atoms with van der Waals surface area (Å²) in [6, 6.07) is 61.7. The summed E-state index contributed by atoms with van der Waals surface area (Å²) in [6.45, 7) is 0.836. The Morgan fingerprint density at radius 3 is 2.06 bits per heavy atom. The molecule has 9 aromatic rings. The van der Waals surface area contributed by atoms with Crippen LogP contribution in [0.5, 0.6) is 0 Å². The van der Waals surface area contributed by atoms with Gasteiger partial charge in [0, 0.05) is 75.1 Å². The molecular weight excluding hydrogens is 657 g/mol. The first-order chi connectivity index (χ1) is 26.8. The maximum absolute atomic E-state index is 4.63. The highest BCUT2D eigenvalue weighted by atomic mass is 15.2. The lowest BCUT2D eigenvalue weighted by molar-refractivity contribution is 0.853. The Morgan fingerprint density at radius 1 is 0.500 bits per heavy atom. The first kappa shape index (κ1) is 30.5. The van der Waals surface area contributed by atoms with Crippen LogP contribution in [-0.4, -0.2) is 9.55 Å². The minimum atomic E-state index is 0.836. The summed E-state index contributed by atoms with van der Waals surface area (Å²) in [5.74, 6) is 0. The van der Waals surface area contributed by atoms with Gasteiger partial charge in [0.25, 0.3) is 0 Å². The zero-order valence-corrected chi connectivity index (χ0v) is 29.4. The van der Waals surface area contributed by atoms with Crippen molar-refractivity contribution < 1.29 is 0 Å². The number of benzene rings is 7. The van der Waals surface area contributed by atoms with E-state index in [2.05, 4.69) is 196 Å². The van der Waals surface area contributed by atoms with Gasteiger partial charge < -0.3 is 14.8 Å². The van der Waals surface area contributed by atoms with Gasteiger partial charge in [-0.3, -0.25) is 4.98 Å². The van der Waals surface area contributed by atoms with Crippen molar-refractivity contribution in [1.82, 2.24) is 14.9 Å². The van der Waals surface area contributed by atoms with Crippen LogP contribution in [0.4, 0.5) is 17.1 Å². The Labute approximate surface area is 313 Å². The molecule has 0 atom stereocenters. The van der Waals surface area contributed by atoms with Crippen molar-refractivity contribution in [1.29, 1.82) is 0 Å². The van der Waals surface area contributed by atoms with Crippen molar-refractivity contribution in [3.63, 3.8) is 0 Å². The van der Waals surface area contributed by atoms with Crippen molar-refractivity contribution in [2.75, 3.05) is 4.90 Å². The van der Waals surface area contributed by atoms with E-state index in [4.69, 9.17) is 0 Å². The SMILES string of the molecule is C1=C(c2cccc(N3c4ccccc4-c4c(n(-c5cccc(-c6cncc7ccccc67)c5)c5ccccc45)-c4ccccc43)c2)c2ccccc2CN1. The van der Waals surface area contributed by atoms with E-state index in [0.29, 0.717) is 0 Å². The highest BCUT2D eigenvalue weighted by Crippen LogP contribution is 2.54. The van der Waals surface area contributed by atoms with Crippen molar-refractivity contribution in [2.24, 2.45) is 0 Å². The number of fused-ring (bicyclic) bond motifs is 9. The molecule has 4 heteroatoms. The van der Waals surface area contributed by atoms with Crippen LogP contribution in [0, 0.1) is 0 Å². The molecule has 11 rings (SSSR count). The molecule has 54 heavy (non-hydrogen) atoms. The second-order valence-electron chi connectivity index (χ2n) is 14.1. The van der Waals surface area contributed by atoms with Crippen molar-refractivity contribution in [3.05, 3.63) is 205 Å². The van der Waals surface area contributed by atoms with Gasteiger partial charge in [-0.05, 0) is 70.1 Å². The Balaban J connectivity index is 1.16. The van der Waals surface area contributed by atoms with Crippen LogP contribution >= 0.6 is 0 Å². The molecule has 0 spiro atoms. The van der Waals surface area contributed by atoms with E-state index in [1.54, 1.807) is 0 Å². The Kier molecular flexibility index (Phi) is 6.89. The van der Waals surface area contributed by atoms with Gasteiger partial charge in [0.2, 0.25) is 0 Å². The maximum Gasteiger partial charge on any atom is 0.0641 e. The van der Waals surface area contributed by atoms with Crippen LogP contribution in [0.3, 0.4) is 0 Å². The van der Waals surface area contributed by atoms with Gasteiger partial charge in [0.1, 0.15) is 0 Å². The lowest BCUT2D eigenvalue weighted by atomic mass is 9.92. The quantitative estimate of drug-likeness (QED) is 0.200. The number of hydrogen-bond acceptors (Lipinski definition) is 3. The minimum Gasteiger partial charge on any atom is -0.386 e. The summed E-state index contributed by atoms with van der Waals surface area (Å²) in [5, 5.41) is 7.07. The fraction of sp³-hybridized carbons (Fsp3) is 0.0200. The van der Waals surface area contributed by atoms with E-state index in [1.807, 2.05) is 12.4 Å². The van der Waals surface area contributed by atoms with E-state index >= 15 is 0 Å². The summed E-state index contributed by atoms with van der Waals surface area (Å²) < 4.78 is 2.47. The standard InChI is InChI=1S/C50H34N4/c1-3-19-39-35(13-1)29-51-31-44(39)33-15-11-17-37(27-33)53-46-24-8-5-21-41(46)49-42-22-6-9-25-47(42)54(50(49)43-23-7-10-26-48(43)53)38-18-12-16-34(28-38)45-32-52-30-36-14-2-4-20-40(36)45/h1-28,30-32,51H,29H2. The molecule has 7 aromatic carbocycles. The monoisotopic (exact) mass is 690 g/mol. The van der Waals surface area contributed by atoms with Gasteiger partial charge >= 0.3 is 0 Å².